The largest absolute Gasteiger partial charge is 0.457 e. The summed E-state index contributed by atoms with van der Waals surface area (Å²) in [5.74, 6) is 3.40. The van der Waals surface area contributed by atoms with Crippen molar-refractivity contribution in [2.75, 3.05) is 0 Å². The van der Waals surface area contributed by atoms with Crippen LogP contribution in [0.1, 0.15) is 22.3 Å². The second kappa shape index (κ2) is 11.1. The highest BCUT2D eigenvalue weighted by atomic mass is 16.5. The number of rotatable bonds is 3. The first kappa shape index (κ1) is 28.9. The van der Waals surface area contributed by atoms with Crippen molar-refractivity contribution in [3.05, 3.63) is 210 Å². The van der Waals surface area contributed by atoms with E-state index < -0.39 is 5.41 Å². The van der Waals surface area contributed by atoms with Gasteiger partial charge in [-0.05, 0) is 89.0 Å². The minimum Gasteiger partial charge on any atom is -0.457 e. The van der Waals surface area contributed by atoms with E-state index in [-0.39, 0.29) is 0 Å². The molecule has 1 spiro atoms. The van der Waals surface area contributed by atoms with E-state index >= 15 is 0 Å². The third-order valence-corrected chi connectivity index (χ3v) is 10.9. The molecular weight excluding hydrogens is 635 g/mol. The maximum atomic E-state index is 6.78. The van der Waals surface area contributed by atoms with Crippen molar-refractivity contribution < 1.29 is 9.47 Å². The van der Waals surface area contributed by atoms with Gasteiger partial charge in [-0.3, -0.25) is 0 Å². The van der Waals surface area contributed by atoms with Gasteiger partial charge in [-0.25, -0.2) is 0 Å². The Bertz CT molecular complexity index is 2810. The van der Waals surface area contributed by atoms with Crippen LogP contribution < -0.4 is 9.47 Å². The molecule has 0 radical (unpaired) electrons. The number of hydrogen-bond donors (Lipinski definition) is 0. The summed E-state index contributed by atoms with van der Waals surface area (Å²) in [5.41, 5.74) is 11.8. The van der Waals surface area contributed by atoms with E-state index in [2.05, 4.69) is 193 Å². The van der Waals surface area contributed by atoms with Crippen LogP contribution in [0.2, 0.25) is 0 Å². The predicted octanol–water partition coefficient (Wildman–Crippen LogP) is 12.7. The lowest BCUT2D eigenvalue weighted by atomic mass is 9.62. The molecule has 244 valence electrons. The molecule has 2 aliphatic rings. The molecule has 0 bridgehead atoms. The third kappa shape index (κ3) is 4.08. The minimum atomic E-state index is -0.692. The van der Waals surface area contributed by atoms with Gasteiger partial charge < -0.3 is 14.0 Å². The van der Waals surface area contributed by atoms with E-state index in [1.54, 1.807) is 0 Å². The highest BCUT2D eigenvalue weighted by molar-refractivity contribution is 6.10. The summed E-state index contributed by atoms with van der Waals surface area (Å²) < 4.78 is 15.9. The molecular formula is C49H31NO2. The fraction of sp³-hybridized carbons (Fsp3) is 0.0204. The van der Waals surface area contributed by atoms with Crippen LogP contribution in [0, 0.1) is 0 Å². The molecule has 3 heteroatoms. The van der Waals surface area contributed by atoms with E-state index in [4.69, 9.17) is 9.47 Å². The summed E-state index contributed by atoms with van der Waals surface area (Å²) in [7, 11) is 0. The van der Waals surface area contributed by atoms with Gasteiger partial charge in [-0.1, -0.05) is 121 Å². The smallest absolute Gasteiger partial charge is 0.132 e. The maximum absolute atomic E-state index is 6.78. The van der Waals surface area contributed by atoms with E-state index in [1.165, 1.54) is 21.8 Å². The normalized spacial score (nSPS) is 15.3. The second-order valence-electron chi connectivity index (χ2n) is 13.7. The molecule has 52 heavy (non-hydrogen) atoms. The van der Waals surface area contributed by atoms with Crippen LogP contribution >= 0.6 is 0 Å². The van der Waals surface area contributed by atoms with E-state index in [0.717, 1.165) is 73.2 Å². The Kier molecular flexibility index (Phi) is 6.17. The van der Waals surface area contributed by atoms with Gasteiger partial charge in [-0.2, -0.15) is 0 Å². The molecule has 0 fully saturated rings. The summed E-state index contributed by atoms with van der Waals surface area (Å²) in [4.78, 5) is 0. The first-order valence-electron chi connectivity index (χ1n) is 17.8. The van der Waals surface area contributed by atoms with Gasteiger partial charge in [0.1, 0.15) is 23.0 Å². The van der Waals surface area contributed by atoms with Gasteiger partial charge in [0.15, 0.2) is 0 Å². The zero-order valence-corrected chi connectivity index (χ0v) is 28.2. The molecule has 9 aromatic rings. The summed E-state index contributed by atoms with van der Waals surface area (Å²) in [6, 6.07) is 67.0. The van der Waals surface area contributed by atoms with Crippen molar-refractivity contribution in [2.45, 2.75) is 5.41 Å². The average Bonchev–Trinajstić information content (AvgIpc) is 3.55. The highest BCUT2D eigenvalue weighted by Gasteiger charge is 2.50. The summed E-state index contributed by atoms with van der Waals surface area (Å²) >= 11 is 0. The lowest BCUT2D eigenvalue weighted by Gasteiger charge is -2.45. The Morgan fingerprint density at radius 2 is 0.808 bits per heavy atom. The number of aromatic nitrogens is 1. The minimum absolute atomic E-state index is 0.692. The highest BCUT2D eigenvalue weighted by Crippen LogP contribution is 2.62. The van der Waals surface area contributed by atoms with E-state index in [0.29, 0.717) is 0 Å². The molecule has 0 saturated heterocycles. The number of hydrogen-bond acceptors (Lipinski definition) is 2. The molecule has 3 heterocycles. The molecule has 8 aromatic carbocycles. The van der Waals surface area contributed by atoms with Crippen LogP contribution in [0.25, 0.3) is 49.7 Å². The lowest BCUT2D eigenvalue weighted by Crippen LogP contribution is -2.36. The van der Waals surface area contributed by atoms with Gasteiger partial charge in [0.25, 0.3) is 0 Å². The molecule has 3 nitrogen and oxygen atoms in total. The number of fused-ring (bicyclic) bond motifs is 11. The molecule has 1 unspecified atom stereocenters. The van der Waals surface area contributed by atoms with Crippen molar-refractivity contribution in [2.24, 2.45) is 0 Å². The molecule has 0 aliphatic carbocycles. The Labute approximate surface area is 301 Å². The SMILES string of the molecule is c1ccc(-c2ccc3c(c2)C2(c4ccccc4O3)c3ccccc3Oc3ccc(-c4ccc5c(c4)c4ccccc4n5-c4ccccc4)cc32)cc1. The van der Waals surface area contributed by atoms with E-state index in [1.807, 2.05) is 0 Å². The number of benzene rings is 8. The predicted molar refractivity (Wildman–Crippen MR) is 210 cm³/mol. The third-order valence-electron chi connectivity index (χ3n) is 10.9. The topological polar surface area (TPSA) is 23.4 Å². The Hall–Kier alpha value is -6.84. The molecule has 2 aliphatic heterocycles. The van der Waals surface area contributed by atoms with Crippen molar-refractivity contribution >= 4 is 21.8 Å². The first-order valence-corrected chi connectivity index (χ1v) is 17.8. The molecule has 0 amide bonds. The van der Waals surface area contributed by atoms with Crippen LogP contribution in [0.15, 0.2) is 188 Å². The number of para-hydroxylation sites is 4. The first-order chi connectivity index (χ1) is 25.8. The van der Waals surface area contributed by atoms with Crippen LogP contribution in [-0.4, -0.2) is 4.57 Å². The van der Waals surface area contributed by atoms with Gasteiger partial charge >= 0.3 is 0 Å². The van der Waals surface area contributed by atoms with Crippen LogP contribution in [-0.2, 0) is 5.41 Å². The van der Waals surface area contributed by atoms with Crippen molar-refractivity contribution in [3.63, 3.8) is 0 Å². The molecule has 0 saturated carbocycles. The van der Waals surface area contributed by atoms with Crippen molar-refractivity contribution in [1.29, 1.82) is 0 Å². The Balaban J connectivity index is 1.18. The van der Waals surface area contributed by atoms with E-state index in [9.17, 15) is 0 Å². The molecule has 1 aromatic heterocycles. The summed E-state index contributed by atoms with van der Waals surface area (Å²) in [6.07, 6.45) is 0. The van der Waals surface area contributed by atoms with Gasteiger partial charge in [0.05, 0.1) is 16.4 Å². The monoisotopic (exact) mass is 665 g/mol. The van der Waals surface area contributed by atoms with Crippen LogP contribution in [0.3, 0.4) is 0 Å². The zero-order valence-electron chi connectivity index (χ0n) is 28.2. The standard InChI is InChI=1S/C49H31NO2/c1-3-13-32(14-4-1)34-24-27-47-41(30-34)49(39-18-8-11-21-45(39)51-47)40-19-9-12-22-46(40)52-48-28-25-35(31-42(48)49)33-23-26-44-38(29-33)37-17-7-10-20-43(37)50(44)36-15-5-2-6-16-36/h1-31H. The molecule has 0 N–H and O–H groups in total. The van der Waals surface area contributed by atoms with Crippen molar-refractivity contribution in [1.82, 2.24) is 4.57 Å². The Morgan fingerprint density at radius 3 is 1.48 bits per heavy atom. The van der Waals surface area contributed by atoms with Gasteiger partial charge in [-0.15, -0.1) is 0 Å². The molecule has 11 rings (SSSR count). The van der Waals surface area contributed by atoms with Crippen LogP contribution in [0.4, 0.5) is 0 Å². The van der Waals surface area contributed by atoms with Gasteiger partial charge in [0, 0.05) is 38.7 Å². The Morgan fingerprint density at radius 1 is 0.327 bits per heavy atom. The maximum Gasteiger partial charge on any atom is 0.132 e. The number of ether oxygens (including phenoxy) is 2. The van der Waals surface area contributed by atoms with Gasteiger partial charge in [0.2, 0.25) is 0 Å². The summed E-state index contributed by atoms with van der Waals surface area (Å²) in [6.45, 7) is 0. The zero-order chi connectivity index (χ0) is 34.2. The summed E-state index contributed by atoms with van der Waals surface area (Å²) in [5, 5.41) is 2.45. The lowest BCUT2D eigenvalue weighted by molar-refractivity contribution is 0.399. The molecule has 1 atom stereocenters. The average molecular weight is 666 g/mol. The second-order valence-corrected chi connectivity index (χ2v) is 13.7. The fourth-order valence-electron chi connectivity index (χ4n) is 8.66. The number of nitrogens with zero attached hydrogens (tertiary/aromatic N) is 1. The fourth-order valence-corrected chi connectivity index (χ4v) is 8.66. The van der Waals surface area contributed by atoms with Crippen LogP contribution in [0.5, 0.6) is 23.0 Å². The van der Waals surface area contributed by atoms with Crippen molar-refractivity contribution in [3.8, 4) is 50.9 Å². The quantitative estimate of drug-likeness (QED) is 0.187.